The van der Waals surface area contributed by atoms with Crippen molar-refractivity contribution < 1.29 is 18.4 Å². The number of hydrogen-bond acceptors (Lipinski definition) is 3. The van der Waals surface area contributed by atoms with Gasteiger partial charge in [-0.15, -0.1) is 0 Å². The first-order chi connectivity index (χ1) is 7.56. The summed E-state index contributed by atoms with van der Waals surface area (Å²) in [6, 6.07) is 2.02. The molecule has 16 heavy (non-hydrogen) atoms. The summed E-state index contributed by atoms with van der Waals surface area (Å²) in [7, 11) is 0. The number of rotatable bonds is 2. The molecule has 2 rings (SSSR count). The molecule has 0 radical (unpaired) electrons. The van der Waals surface area contributed by atoms with Gasteiger partial charge in [0, 0.05) is 0 Å². The topological polar surface area (TPSA) is 58.2 Å². The zero-order chi connectivity index (χ0) is 11.7. The van der Waals surface area contributed by atoms with Gasteiger partial charge < -0.3 is 5.32 Å². The van der Waals surface area contributed by atoms with Crippen LogP contribution in [0, 0.1) is 11.6 Å². The second-order valence-corrected chi connectivity index (χ2v) is 3.44. The molecule has 1 fully saturated rings. The molecule has 6 heteroatoms. The third-order valence-corrected chi connectivity index (χ3v) is 2.23. The van der Waals surface area contributed by atoms with Crippen molar-refractivity contribution in [1.29, 1.82) is 0 Å². The highest BCUT2D eigenvalue weighted by molar-refractivity contribution is 6.06. The van der Waals surface area contributed by atoms with Gasteiger partial charge in [-0.2, -0.15) is 0 Å². The molecule has 0 saturated carbocycles. The second-order valence-electron chi connectivity index (χ2n) is 3.44. The van der Waals surface area contributed by atoms with Crippen LogP contribution >= 0.6 is 0 Å². The van der Waals surface area contributed by atoms with Crippen LogP contribution in [0.15, 0.2) is 18.2 Å². The maximum absolute atomic E-state index is 13.2. The minimum absolute atomic E-state index is 0.0746. The molecule has 1 saturated heterocycles. The van der Waals surface area contributed by atoms with Crippen molar-refractivity contribution in [1.82, 2.24) is 5.32 Å². The normalized spacial score (nSPS) is 19.8. The van der Waals surface area contributed by atoms with Gasteiger partial charge in [0.25, 0.3) is 0 Å². The summed E-state index contributed by atoms with van der Waals surface area (Å²) in [5.41, 5.74) is -0.130. The van der Waals surface area contributed by atoms with Crippen molar-refractivity contribution in [3.8, 4) is 0 Å². The van der Waals surface area contributed by atoms with E-state index in [1.165, 1.54) is 0 Å². The van der Waals surface area contributed by atoms with Gasteiger partial charge in [0.15, 0.2) is 0 Å². The lowest BCUT2D eigenvalue weighted by molar-refractivity contribution is -0.124. The first-order valence-corrected chi connectivity index (χ1v) is 4.61. The lowest BCUT2D eigenvalue weighted by Crippen LogP contribution is -2.30. The molecular formula is C10H8F2N2O2. The molecule has 0 aromatic heterocycles. The SMILES string of the molecule is O=C1CC(Nc2cc(F)ccc2F)C(=O)N1. The van der Waals surface area contributed by atoms with Crippen LogP contribution in [-0.4, -0.2) is 17.9 Å². The Bertz CT molecular complexity index is 462. The third kappa shape index (κ3) is 2.00. The van der Waals surface area contributed by atoms with E-state index in [2.05, 4.69) is 10.6 Å². The molecule has 1 aliphatic heterocycles. The average molecular weight is 226 g/mol. The fraction of sp³-hybridized carbons (Fsp3) is 0.200. The van der Waals surface area contributed by atoms with Gasteiger partial charge in [-0.05, 0) is 18.2 Å². The molecule has 1 aliphatic rings. The van der Waals surface area contributed by atoms with E-state index in [0.717, 1.165) is 18.2 Å². The standard InChI is InChI=1S/C10H8F2N2O2/c11-5-1-2-6(12)7(3-5)13-8-4-9(15)14-10(8)16/h1-3,8,13H,4H2,(H,14,15,16). The highest BCUT2D eigenvalue weighted by Crippen LogP contribution is 2.18. The predicted molar refractivity (Wildman–Crippen MR) is 51.5 cm³/mol. The Morgan fingerprint density at radius 2 is 2.06 bits per heavy atom. The van der Waals surface area contributed by atoms with Gasteiger partial charge in [0.05, 0.1) is 12.1 Å². The third-order valence-electron chi connectivity index (χ3n) is 2.23. The van der Waals surface area contributed by atoms with Crippen LogP contribution < -0.4 is 10.6 Å². The van der Waals surface area contributed by atoms with Crippen molar-refractivity contribution in [2.75, 3.05) is 5.32 Å². The smallest absolute Gasteiger partial charge is 0.249 e. The van der Waals surface area contributed by atoms with Crippen LogP contribution in [0.25, 0.3) is 0 Å². The van der Waals surface area contributed by atoms with Crippen molar-refractivity contribution in [2.45, 2.75) is 12.5 Å². The molecule has 1 aromatic carbocycles. The Labute approximate surface area is 89.6 Å². The fourth-order valence-corrected chi connectivity index (χ4v) is 1.47. The number of amides is 2. The van der Waals surface area contributed by atoms with E-state index in [-0.39, 0.29) is 12.1 Å². The van der Waals surface area contributed by atoms with Crippen molar-refractivity contribution in [3.63, 3.8) is 0 Å². The summed E-state index contributed by atoms with van der Waals surface area (Å²) in [4.78, 5) is 22.0. The first-order valence-electron chi connectivity index (χ1n) is 4.61. The predicted octanol–water partition coefficient (Wildman–Crippen LogP) is 0.792. The van der Waals surface area contributed by atoms with E-state index in [9.17, 15) is 18.4 Å². The molecule has 2 N–H and O–H groups in total. The molecule has 0 aliphatic carbocycles. The van der Waals surface area contributed by atoms with Crippen LogP contribution in [0.2, 0.25) is 0 Å². The van der Waals surface area contributed by atoms with Gasteiger partial charge >= 0.3 is 0 Å². The lowest BCUT2D eigenvalue weighted by atomic mass is 10.2. The number of carbonyl (C=O) groups excluding carboxylic acids is 2. The van der Waals surface area contributed by atoms with E-state index in [0.29, 0.717) is 0 Å². The monoisotopic (exact) mass is 226 g/mol. The Morgan fingerprint density at radius 1 is 1.31 bits per heavy atom. The average Bonchev–Trinajstić information content (AvgIpc) is 2.51. The fourth-order valence-electron chi connectivity index (χ4n) is 1.47. The highest BCUT2D eigenvalue weighted by atomic mass is 19.1. The molecule has 1 heterocycles. The Morgan fingerprint density at radius 3 is 2.69 bits per heavy atom. The number of benzene rings is 1. The van der Waals surface area contributed by atoms with Gasteiger partial charge in [0.2, 0.25) is 11.8 Å². The zero-order valence-corrected chi connectivity index (χ0v) is 8.09. The molecule has 84 valence electrons. The highest BCUT2D eigenvalue weighted by Gasteiger charge is 2.30. The maximum Gasteiger partial charge on any atom is 0.249 e. The van der Waals surface area contributed by atoms with Crippen molar-refractivity contribution >= 4 is 17.5 Å². The lowest BCUT2D eigenvalue weighted by Gasteiger charge is -2.11. The Kier molecular flexibility index (Phi) is 2.55. The minimum atomic E-state index is -0.844. The second kappa shape index (κ2) is 3.88. The number of anilines is 1. The van der Waals surface area contributed by atoms with Crippen LogP contribution in [0.1, 0.15) is 6.42 Å². The number of halogens is 2. The van der Waals surface area contributed by atoms with Crippen molar-refractivity contribution in [2.24, 2.45) is 0 Å². The van der Waals surface area contributed by atoms with E-state index >= 15 is 0 Å². The molecule has 1 aromatic rings. The van der Waals surface area contributed by atoms with Crippen molar-refractivity contribution in [3.05, 3.63) is 29.8 Å². The summed E-state index contributed by atoms with van der Waals surface area (Å²) >= 11 is 0. The van der Waals surface area contributed by atoms with Crippen LogP contribution in [-0.2, 0) is 9.59 Å². The molecule has 1 unspecified atom stereocenters. The Balaban J connectivity index is 2.18. The summed E-state index contributed by atoms with van der Waals surface area (Å²) in [6.45, 7) is 0. The summed E-state index contributed by atoms with van der Waals surface area (Å²) in [5.74, 6) is -2.25. The number of imide groups is 1. The van der Waals surface area contributed by atoms with E-state index in [4.69, 9.17) is 0 Å². The van der Waals surface area contributed by atoms with Gasteiger partial charge in [-0.1, -0.05) is 0 Å². The molecule has 0 spiro atoms. The van der Waals surface area contributed by atoms with Gasteiger partial charge in [0.1, 0.15) is 17.7 Å². The van der Waals surface area contributed by atoms with Crippen LogP contribution in [0.4, 0.5) is 14.5 Å². The van der Waals surface area contributed by atoms with Crippen LogP contribution in [0.5, 0.6) is 0 Å². The maximum atomic E-state index is 13.2. The quantitative estimate of drug-likeness (QED) is 0.733. The zero-order valence-electron chi connectivity index (χ0n) is 8.09. The van der Waals surface area contributed by atoms with E-state index in [1.54, 1.807) is 0 Å². The number of carbonyl (C=O) groups is 2. The van der Waals surface area contributed by atoms with Crippen LogP contribution in [0.3, 0.4) is 0 Å². The summed E-state index contributed by atoms with van der Waals surface area (Å²) < 4.78 is 26.0. The summed E-state index contributed by atoms with van der Waals surface area (Å²) in [6.07, 6.45) is -0.0746. The van der Waals surface area contributed by atoms with E-state index < -0.39 is 29.5 Å². The molecule has 4 nitrogen and oxygen atoms in total. The van der Waals surface area contributed by atoms with Gasteiger partial charge in [-0.25, -0.2) is 8.78 Å². The largest absolute Gasteiger partial charge is 0.371 e. The molecule has 1 atom stereocenters. The number of nitrogens with one attached hydrogen (secondary N) is 2. The Hall–Kier alpha value is -1.98. The summed E-state index contributed by atoms with van der Waals surface area (Å²) in [5, 5.41) is 4.55. The number of hydrogen-bond donors (Lipinski definition) is 2. The molecule has 0 bridgehead atoms. The van der Waals surface area contributed by atoms with Gasteiger partial charge in [-0.3, -0.25) is 14.9 Å². The molecule has 2 amide bonds. The van der Waals surface area contributed by atoms with E-state index in [1.807, 2.05) is 0 Å². The minimum Gasteiger partial charge on any atom is -0.371 e. The molecular weight excluding hydrogens is 218 g/mol. The first kappa shape index (κ1) is 10.5.